The molecule has 0 aliphatic carbocycles. The molecule has 0 saturated heterocycles. The standard InChI is InChI=1S/C11H13N2O2.C2H6.K/c14-9-12-7-4-8-13-11(15)10-5-2-1-3-6-10;1-2;/h1-3,5-6H,4,7-8H2,(H,12,14)(H,13,15);1-2H3;/q-1;;+1. The predicted molar refractivity (Wildman–Crippen MR) is 68.4 cm³/mol. The summed E-state index contributed by atoms with van der Waals surface area (Å²) in [6, 6.07) is 9.01. The van der Waals surface area contributed by atoms with Crippen LogP contribution in [0.2, 0.25) is 0 Å². The van der Waals surface area contributed by atoms with Gasteiger partial charge in [0.15, 0.2) is 0 Å². The van der Waals surface area contributed by atoms with Gasteiger partial charge in [0.1, 0.15) is 0 Å². The topological polar surface area (TPSA) is 58.2 Å². The first kappa shape index (κ1) is 20.1. The Morgan fingerprint density at radius 3 is 2.33 bits per heavy atom. The normalized spacial score (nSPS) is 8.11. The van der Waals surface area contributed by atoms with Crippen molar-refractivity contribution in [2.24, 2.45) is 0 Å². The zero-order valence-electron chi connectivity index (χ0n) is 11.3. The van der Waals surface area contributed by atoms with Crippen molar-refractivity contribution in [3.8, 4) is 0 Å². The van der Waals surface area contributed by atoms with Crippen molar-refractivity contribution >= 4 is 12.3 Å². The molecule has 1 aromatic carbocycles. The van der Waals surface area contributed by atoms with Crippen LogP contribution in [0.5, 0.6) is 0 Å². The largest absolute Gasteiger partial charge is 1.00 e. The van der Waals surface area contributed by atoms with Gasteiger partial charge in [0, 0.05) is 12.1 Å². The van der Waals surface area contributed by atoms with Gasteiger partial charge >= 0.3 is 51.4 Å². The molecule has 0 heterocycles. The Morgan fingerprint density at radius 1 is 1.17 bits per heavy atom. The molecule has 0 spiro atoms. The number of nitrogens with one attached hydrogen (secondary N) is 2. The first-order valence-electron chi connectivity index (χ1n) is 5.78. The monoisotopic (exact) mass is 274 g/mol. The molecule has 0 atom stereocenters. The Kier molecular flexibility index (Phi) is 16.6. The van der Waals surface area contributed by atoms with Gasteiger partial charge < -0.3 is 15.4 Å². The van der Waals surface area contributed by atoms with Gasteiger partial charge in [-0.15, -0.1) is 0 Å². The maximum atomic E-state index is 11.5. The van der Waals surface area contributed by atoms with Crippen molar-refractivity contribution in [3.05, 3.63) is 35.9 Å². The summed E-state index contributed by atoms with van der Waals surface area (Å²) in [6.07, 6.45) is 2.28. The molecule has 4 nitrogen and oxygen atoms in total. The van der Waals surface area contributed by atoms with Crippen molar-refractivity contribution < 1.29 is 61.0 Å². The van der Waals surface area contributed by atoms with E-state index in [1.165, 1.54) is 0 Å². The van der Waals surface area contributed by atoms with Crippen LogP contribution in [0.15, 0.2) is 30.3 Å². The number of hydrogen-bond acceptors (Lipinski definition) is 2. The van der Waals surface area contributed by atoms with Crippen molar-refractivity contribution in [3.63, 3.8) is 0 Å². The zero-order valence-corrected chi connectivity index (χ0v) is 14.4. The molecular weight excluding hydrogens is 255 g/mol. The minimum Gasteiger partial charge on any atom is -0.530 e. The molecule has 94 valence electrons. The molecule has 0 saturated carbocycles. The summed E-state index contributed by atoms with van der Waals surface area (Å²) in [5.41, 5.74) is 0.646. The molecule has 1 rings (SSSR count). The zero-order chi connectivity index (χ0) is 12.9. The first-order valence-corrected chi connectivity index (χ1v) is 5.78. The molecule has 0 radical (unpaired) electrons. The second kappa shape index (κ2) is 14.9. The van der Waals surface area contributed by atoms with E-state index in [1.54, 1.807) is 18.5 Å². The van der Waals surface area contributed by atoms with Crippen molar-refractivity contribution in [1.82, 2.24) is 10.6 Å². The maximum Gasteiger partial charge on any atom is 1.00 e. The van der Waals surface area contributed by atoms with Gasteiger partial charge in [-0.2, -0.15) is 6.41 Å². The SMILES string of the molecule is CC.O=[C-]NCCCNC(=O)c1ccccc1.[K+]. The van der Waals surface area contributed by atoms with Gasteiger partial charge in [-0.3, -0.25) is 4.79 Å². The summed E-state index contributed by atoms with van der Waals surface area (Å²) in [4.78, 5) is 21.3. The van der Waals surface area contributed by atoms with Crippen LogP contribution in [0, 0.1) is 0 Å². The molecule has 2 amide bonds. The predicted octanol–water partition coefficient (Wildman–Crippen LogP) is -1.51. The van der Waals surface area contributed by atoms with Gasteiger partial charge in [-0.1, -0.05) is 32.0 Å². The van der Waals surface area contributed by atoms with Crippen LogP contribution in [-0.2, 0) is 4.79 Å². The molecule has 18 heavy (non-hydrogen) atoms. The van der Waals surface area contributed by atoms with E-state index in [9.17, 15) is 9.59 Å². The Labute approximate surface area is 151 Å². The summed E-state index contributed by atoms with van der Waals surface area (Å²) >= 11 is 0. The third-order valence-corrected chi connectivity index (χ3v) is 1.87. The Morgan fingerprint density at radius 2 is 1.78 bits per heavy atom. The third kappa shape index (κ3) is 9.79. The molecule has 0 unspecified atom stereocenters. The van der Waals surface area contributed by atoms with Gasteiger partial charge in [0.2, 0.25) is 0 Å². The summed E-state index contributed by atoms with van der Waals surface area (Å²) in [5.74, 6) is -0.0920. The Balaban J connectivity index is 0. The van der Waals surface area contributed by atoms with E-state index < -0.39 is 0 Å². The molecular formula is C13H19KN2O2. The van der Waals surface area contributed by atoms with E-state index in [1.807, 2.05) is 32.0 Å². The van der Waals surface area contributed by atoms with Crippen LogP contribution in [0.25, 0.3) is 0 Å². The summed E-state index contributed by atoms with van der Waals surface area (Å²) in [6.45, 7) is 5.07. The number of carbonyl (C=O) groups is 1. The van der Waals surface area contributed by atoms with E-state index in [4.69, 9.17) is 0 Å². The first-order chi connectivity index (χ1) is 8.34. The van der Waals surface area contributed by atoms with Crippen LogP contribution in [0.3, 0.4) is 0 Å². The van der Waals surface area contributed by atoms with E-state index in [0.717, 1.165) is 0 Å². The van der Waals surface area contributed by atoms with Gasteiger partial charge in [0.05, 0.1) is 0 Å². The Hall–Kier alpha value is -0.204. The second-order valence-electron chi connectivity index (χ2n) is 3.00. The molecule has 5 heteroatoms. The fraction of sp³-hybridized carbons (Fsp3) is 0.385. The number of hydrogen-bond donors (Lipinski definition) is 2. The quantitative estimate of drug-likeness (QED) is 0.287. The van der Waals surface area contributed by atoms with E-state index in [-0.39, 0.29) is 57.3 Å². The van der Waals surface area contributed by atoms with Crippen LogP contribution in [-0.4, -0.2) is 25.4 Å². The van der Waals surface area contributed by atoms with Crippen molar-refractivity contribution in [2.75, 3.05) is 13.1 Å². The molecule has 0 aromatic heterocycles. The molecule has 0 bridgehead atoms. The fourth-order valence-corrected chi connectivity index (χ4v) is 1.12. The van der Waals surface area contributed by atoms with Crippen LogP contribution in [0.1, 0.15) is 30.6 Å². The van der Waals surface area contributed by atoms with E-state index in [0.29, 0.717) is 25.1 Å². The third-order valence-electron chi connectivity index (χ3n) is 1.87. The van der Waals surface area contributed by atoms with E-state index in [2.05, 4.69) is 10.6 Å². The molecule has 0 aliphatic heterocycles. The van der Waals surface area contributed by atoms with Gasteiger partial charge in [-0.25, -0.2) is 0 Å². The average molecular weight is 274 g/mol. The van der Waals surface area contributed by atoms with Gasteiger partial charge in [0.25, 0.3) is 5.91 Å². The van der Waals surface area contributed by atoms with Crippen molar-refractivity contribution in [2.45, 2.75) is 20.3 Å². The minimum atomic E-state index is -0.0920. The van der Waals surface area contributed by atoms with Crippen LogP contribution >= 0.6 is 0 Å². The molecule has 2 N–H and O–H groups in total. The average Bonchev–Trinajstić information content (AvgIpc) is 2.41. The van der Waals surface area contributed by atoms with Crippen molar-refractivity contribution in [1.29, 1.82) is 0 Å². The Bertz CT molecular complexity index is 318. The molecule has 0 fully saturated rings. The molecule has 0 aliphatic rings. The summed E-state index contributed by atoms with van der Waals surface area (Å²) < 4.78 is 0. The number of carbonyl (C=O) groups excluding carboxylic acids is 2. The van der Waals surface area contributed by atoms with Crippen LogP contribution < -0.4 is 62.0 Å². The maximum absolute atomic E-state index is 11.5. The van der Waals surface area contributed by atoms with E-state index >= 15 is 0 Å². The second-order valence-corrected chi connectivity index (χ2v) is 3.00. The number of rotatable bonds is 6. The minimum absolute atomic E-state index is 0. The smallest absolute Gasteiger partial charge is 0.530 e. The molecule has 1 aromatic rings. The fourth-order valence-electron chi connectivity index (χ4n) is 1.12. The van der Waals surface area contributed by atoms with Gasteiger partial charge in [-0.05, 0) is 25.1 Å². The van der Waals surface area contributed by atoms with Crippen LogP contribution in [0.4, 0.5) is 0 Å². The number of amides is 2. The number of benzene rings is 1. The summed E-state index contributed by atoms with van der Waals surface area (Å²) in [5, 5.41) is 5.15. The summed E-state index contributed by atoms with van der Waals surface area (Å²) in [7, 11) is 0.